The Bertz CT molecular complexity index is 506. The Morgan fingerprint density at radius 2 is 2.25 bits per heavy atom. The second kappa shape index (κ2) is 5.28. The first kappa shape index (κ1) is 13.2. The van der Waals surface area contributed by atoms with Crippen molar-refractivity contribution in [3.05, 3.63) is 28.3 Å². The van der Waals surface area contributed by atoms with Gasteiger partial charge in [-0.2, -0.15) is 0 Å². The van der Waals surface area contributed by atoms with Crippen LogP contribution in [0.3, 0.4) is 0 Å². The van der Waals surface area contributed by atoms with E-state index in [9.17, 15) is 10.1 Å². The van der Waals surface area contributed by atoms with Gasteiger partial charge in [0, 0.05) is 37.0 Å². The summed E-state index contributed by atoms with van der Waals surface area (Å²) in [6.07, 6.45) is 2.45. The highest BCUT2D eigenvalue weighted by Gasteiger charge is 2.34. The number of piperidine rings is 1. The molecule has 2 saturated heterocycles. The smallest absolute Gasteiger partial charge is 0.275 e. The van der Waals surface area contributed by atoms with Crippen LogP contribution < -0.4 is 15.0 Å². The lowest BCUT2D eigenvalue weighted by molar-refractivity contribution is -0.384. The SMILES string of the molecule is COc1cc(N2CC3CCCNC3C2)cc([N+](=O)[O-])c1. The summed E-state index contributed by atoms with van der Waals surface area (Å²) >= 11 is 0. The quantitative estimate of drug-likeness (QED) is 0.674. The molecule has 0 aromatic heterocycles. The van der Waals surface area contributed by atoms with Crippen molar-refractivity contribution in [2.24, 2.45) is 5.92 Å². The Morgan fingerprint density at radius 1 is 1.40 bits per heavy atom. The van der Waals surface area contributed by atoms with Crippen LogP contribution in [0.2, 0.25) is 0 Å². The molecule has 2 fully saturated rings. The molecule has 6 heteroatoms. The average Bonchev–Trinajstić information content (AvgIpc) is 2.90. The highest BCUT2D eigenvalue weighted by Crippen LogP contribution is 2.33. The molecule has 3 rings (SSSR count). The van der Waals surface area contributed by atoms with Crippen LogP contribution in [0, 0.1) is 16.0 Å². The third-order valence-electron chi connectivity index (χ3n) is 4.29. The molecule has 1 aromatic carbocycles. The van der Waals surface area contributed by atoms with Crippen molar-refractivity contribution in [3.8, 4) is 5.75 Å². The third kappa shape index (κ3) is 2.43. The van der Waals surface area contributed by atoms with Gasteiger partial charge in [-0.05, 0) is 25.3 Å². The fourth-order valence-corrected chi connectivity index (χ4v) is 3.23. The number of nitrogens with one attached hydrogen (secondary N) is 1. The molecule has 2 aliphatic rings. The molecule has 2 unspecified atom stereocenters. The largest absolute Gasteiger partial charge is 0.496 e. The number of nitro groups is 1. The van der Waals surface area contributed by atoms with Crippen LogP contribution in [0.5, 0.6) is 5.75 Å². The van der Waals surface area contributed by atoms with Crippen LogP contribution in [0.15, 0.2) is 18.2 Å². The highest BCUT2D eigenvalue weighted by atomic mass is 16.6. The standard InChI is InChI=1S/C14H19N3O3/c1-20-13-6-11(5-12(7-13)17(18)19)16-8-10-3-2-4-15-14(10)9-16/h5-7,10,14-15H,2-4,8-9H2,1H3. The average molecular weight is 277 g/mol. The second-order valence-electron chi connectivity index (χ2n) is 5.51. The zero-order valence-corrected chi connectivity index (χ0v) is 11.5. The number of nitro benzene ring substituents is 1. The molecule has 0 amide bonds. The predicted molar refractivity (Wildman–Crippen MR) is 76.4 cm³/mol. The minimum absolute atomic E-state index is 0.0854. The summed E-state index contributed by atoms with van der Waals surface area (Å²) < 4.78 is 5.18. The number of non-ortho nitro benzene ring substituents is 1. The van der Waals surface area contributed by atoms with Gasteiger partial charge in [0.05, 0.1) is 18.1 Å². The Balaban J connectivity index is 1.86. The molecule has 2 aliphatic heterocycles. The number of methoxy groups -OCH3 is 1. The van der Waals surface area contributed by atoms with Crippen LogP contribution >= 0.6 is 0 Å². The maximum absolute atomic E-state index is 11.0. The zero-order chi connectivity index (χ0) is 14.1. The number of nitrogens with zero attached hydrogens (tertiary/aromatic N) is 2. The van der Waals surface area contributed by atoms with E-state index in [1.165, 1.54) is 26.0 Å². The van der Waals surface area contributed by atoms with E-state index in [1.54, 1.807) is 6.07 Å². The van der Waals surface area contributed by atoms with Crippen molar-refractivity contribution >= 4 is 11.4 Å². The highest BCUT2D eigenvalue weighted by molar-refractivity contribution is 5.59. The minimum Gasteiger partial charge on any atom is -0.496 e. The van der Waals surface area contributed by atoms with Gasteiger partial charge in [0.15, 0.2) is 0 Å². The summed E-state index contributed by atoms with van der Waals surface area (Å²) in [5.41, 5.74) is 0.967. The van der Waals surface area contributed by atoms with Gasteiger partial charge in [0.1, 0.15) is 5.75 Å². The number of hydrogen-bond acceptors (Lipinski definition) is 5. The van der Waals surface area contributed by atoms with Crippen molar-refractivity contribution in [2.45, 2.75) is 18.9 Å². The van der Waals surface area contributed by atoms with E-state index >= 15 is 0 Å². The first-order chi connectivity index (χ1) is 9.67. The number of fused-ring (bicyclic) bond motifs is 1. The van der Waals surface area contributed by atoms with Gasteiger partial charge >= 0.3 is 0 Å². The Hall–Kier alpha value is -1.82. The molecule has 0 bridgehead atoms. The maximum atomic E-state index is 11.0. The van der Waals surface area contributed by atoms with Gasteiger partial charge in [0.25, 0.3) is 5.69 Å². The summed E-state index contributed by atoms with van der Waals surface area (Å²) in [7, 11) is 1.54. The molecular weight excluding hydrogens is 258 g/mol. The van der Waals surface area contributed by atoms with Crippen LogP contribution in [0.4, 0.5) is 11.4 Å². The molecule has 0 aliphatic carbocycles. The molecule has 0 radical (unpaired) electrons. The maximum Gasteiger partial charge on any atom is 0.275 e. The van der Waals surface area contributed by atoms with E-state index in [4.69, 9.17) is 4.74 Å². The third-order valence-corrected chi connectivity index (χ3v) is 4.29. The van der Waals surface area contributed by atoms with Crippen molar-refractivity contribution in [1.82, 2.24) is 5.32 Å². The van der Waals surface area contributed by atoms with Crippen LogP contribution in [-0.4, -0.2) is 37.7 Å². The van der Waals surface area contributed by atoms with Gasteiger partial charge in [-0.15, -0.1) is 0 Å². The number of benzene rings is 1. The molecule has 6 nitrogen and oxygen atoms in total. The van der Waals surface area contributed by atoms with E-state index in [1.807, 2.05) is 6.07 Å². The Morgan fingerprint density at radius 3 is 2.95 bits per heavy atom. The van der Waals surface area contributed by atoms with Crippen LogP contribution in [0.25, 0.3) is 0 Å². The van der Waals surface area contributed by atoms with Crippen molar-refractivity contribution in [2.75, 3.05) is 31.6 Å². The monoisotopic (exact) mass is 277 g/mol. The second-order valence-corrected chi connectivity index (χ2v) is 5.51. The van der Waals surface area contributed by atoms with Crippen molar-refractivity contribution in [1.29, 1.82) is 0 Å². The van der Waals surface area contributed by atoms with Gasteiger partial charge < -0.3 is 15.0 Å². The molecule has 0 saturated carbocycles. The summed E-state index contributed by atoms with van der Waals surface area (Å²) in [6, 6.07) is 5.49. The molecule has 1 N–H and O–H groups in total. The van der Waals surface area contributed by atoms with Crippen molar-refractivity contribution < 1.29 is 9.66 Å². The molecule has 108 valence electrons. The number of ether oxygens (including phenoxy) is 1. The van der Waals surface area contributed by atoms with Gasteiger partial charge in [-0.1, -0.05) is 0 Å². The summed E-state index contributed by atoms with van der Waals surface area (Å²) in [5.74, 6) is 1.19. The van der Waals surface area contributed by atoms with Crippen molar-refractivity contribution in [3.63, 3.8) is 0 Å². The summed E-state index contributed by atoms with van der Waals surface area (Å²) in [6.45, 7) is 2.95. The molecule has 2 atom stereocenters. The van der Waals surface area contributed by atoms with Gasteiger partial charge in [-0.25, -0.2) is 0 Å². The zero-order valence-electron chi connectivity index (χ0n) is 11.5. The topological polar surface area (TPSA) is 67.6 Å². The fraction of sp³-hybridized carbons (Fsp3) is 0.571. The van der Waals surface area contributed by atoms with Gasteiger partial charge in [0.2, 0.25) is 0 Å². The molecule has 20 heavy (non-hydrogen) atoms. The normalized spacial score (nSPS) is 25.4. The van der Waals surface area contributed by atoms with E-state index in [0.29, 0.717) is 17.7 Å². The molecule has 1 aromatic rings. The first-order valence-corrected chi connectivity index (χ1v) is 6.99. The van der Waals surface area contributed by atoms with E-state index < -0.39 is 0 Å². The fourth-order valence-electron chi connectivity index (χ4n) is 3.23. The number of anilines is 1. The number of hydrogen-bond donors (Lipinski definition) is 1. The summed E-state index contributed by atoms with van der Waals surface area (Å²) in [4.78, 5) is 12.9. The van der Waals surface area contributed by atoms with E-state index in [-0.39, 0.29) is 10.6 Å². The van der Waals surface area contributed by atoms with E-state index in [2.05, 4.69) is 10.2 Å². The predicted octanol–water partition coefficient (Wildman–Crippen LogP) is 1.79. The van der Waals surface area contributed by atoms with Crippen LogP contribution in [-0.2, 0) is 0 Å². The Kier molecular flexibility index (Phi) is 3.48. The Labute approximate surface area is 117 Å². The number of rotatable bonds is 3. The molecule has 0 spiro atoms. The lowest BCUT2D eigenvalue weighted by atomic mass is 9.94. The molecule has 2 heterocycles. The minimum atomic E-state index is -0.368. The van der Waals surface area contributed by atoms with Crippen LogP contribution in [0.1, 0.15) is 12.8 Å². The first-order valence-electron chi connectivity index (χ1n) is 6.99. The van der Waals surface area contributed by atoms with E-state index in [0.717, 1.165) is 25.3 Å². The van der Waals surface area contributed by atoms with Gasteiger partial charge in [-0.3, -0.25) is 10.1 Å². The lowest BCUT2D eigenvalue weighted by Gasteiger charge is -2.24. The molecular formula is C14H19N3O3. The summed E-state index contributed by atoms with van der Waals surface area (Å²) in [5, 5.41) is 14.5. The lowest BCUT2D eigenvalue weighted by Crippen LogP contribution is -2.40.